The van der Waals surface area contributed by atoms with Crippen LogP contribution in [-0.4, -0.2) is 17.0 Å². The molecule has 0 radical (unpaired) electrons. The standard InChI is InChI=1S/C13H13N3O3/c1-14-9-10-5-2-3-7-12(10)19-13-11(16(17)18)6-4-8-15-13/h2-8,14H,9H2,1H3. The Bertz CT molecular complexity index is 587. The molecule has 1 aromatic heterocycles. The van der Waals surface area contributed by atoms with E-state index in [0.717, 1.165) is 5.56 Å². The predicted molar refractivity (Wildman–Crippen MR) is 70.2 cm³/mol. The Hall–Kier alpha value is -2.47. The number of nitro groups is 1. The van der Waals surface area contributed by atoms with Crippen molar-refractivity contribution in [2.45, 2.75) is 6.54 Å². The Labute approximate surface area is 110 Å². The highest BCUT2D eigenvalue weighted by molar-refractivity contribution is 5.44. The summed E-state index contributed by atoms with van der Waals surface area (Å²) in [6.45, 7) is 0.608. The maximum absolute atomic E-state index is 10.9. The highest BCUT2D eigenvalue weighted by Crippen LogP contribution is 2.30. The Morgan fingerprint density at radius 3 is 2.84 bits per heavy atom. The molecule has 2 aromatic rings. The predicted octanol–water partition coefficient (Wildman–Crippen LogP) is 2.50. The van der Waals surface area contributed by atoms with Crippen molar-refractivity contribution in [3.63, 3.8) is 0 Å². The number of aromatic nitrogens is 1. The van der Waals surface area contributed by atoms with Crippen molar-refractivity contribution in [2.75, 3.05) is 7.05 Å². The van der Waals surface area contributed by atoms with Crippen LogP contribution in [-0.2, 0) is 6.54 Å². The molecule has 6 heteroatoms. The molecule has 0 aliphatic heterocycles. The minimum Gasteiger partial charge on any atom is -0.433 e. The first kappa shape index (κ1) is 13.0. The first-order valence-electron chi connectivity index (χ1n) is 5.72. The highest BCUT2D eigenvalue weighted by Gasteiger charge is 2.17. The first-order valence-corrected chi connectivity index (χ1v) is 5.72. The fraction of sp³-hybridized carbons (Fsp3) is 0.154. The van der Waals surface area contributed by atoms with E-state index < -0.39 is 4.92 Å². The van der Waals surface area contributed by atoms with Gasteiger partial charge in [0.25, 0.3) is 5.88 Å². The van der Waals surface area contributed by atoms with E-state index in [4.69, 9.17) is 4.74 Å². The largest absolute Gasteiger partial charge is 0.433 e. The van der Waals surface area contributed by atoms with Gasteiger partial charge in [-0.3, -0.25) is 10.1 Å². The molecular weight excluding hydrogens is 246 g/mol. The van der Waals surface area contributed by atoms with Crippen LogP contribution in [0.15, 0.2) is 42.6 Å². The van der Waals surface area contributed by atoms with Crippen molar-refractivity contribution < 1.29 is 9.66 Å². The zero-order valence-electron chi connectivity index (χ0n) is 10.4. The molecule has 19 heavy (non-hydrogen) atoms. The Kier molecular flexibility index (Phi) is 4.04. The van der Waals surface area contributed by atoms with Gasteiger partial charge in [0.1, 0.15) is 5.75 Å². The summed E-state index contributed by atoms with van der Waals surface area (Å²) in [5.74, 6) is 0.551. The Morgan fingerprint density at radius 1 is 1.32 bits per heavy atom. The zero-order chi connectivity index (χ0) is 13.7. The van der Waals surface area contributed by atoms with Gasteiger partial charge in [0.15, 0.2) is 0 Å². The van der Waals surface area contributed by atoms with Crippen LogP contribution in [0.3, 0.4) is 0 Å². The summed E-state index contributed by atoms with van der Waals surface area (Å²) in [5.41, 5.74) is 0.756. The lowest BCUT2D eigenvalue weighted by molar-refractivity contribution is -0.386. The number of pyridine rings is 1. The van der Waals surface area contributed by atoms with Crippen LogP contribution in [0.4, 0.5) is 5.69 Å². The fourth-order valence-corrected chi connectivity index (χ4v) is 1.64. The van der Waals surface area contributed by atoms with Crippen molar-refractivity contribution in [1.29, 1.82) is 0 Å². The summed E-state index contributed by atoms with van der Waals surface area (Å²) in [4.78, 5) is 14.3. The van der Waals surface area contributed by atoms with Gasteiger partial charge in [0.2, 0.25) is 0 Å². The van der Waals surface area contributed by atoms with Crippen LogP contribution in [0.2, 0.25) is 0 Å². The van der Waals surface area contributed by atoms with Gasteiger partial charge in [-0.1, -0.05) is 18.2 Å². The maximum atomic E-state index is 10.9. The third kappa shape index (κ3) is 3.05. The van der Waals surface area contributed by atoms with E-state index in [1.54, 1.807) is 6.07 Å². The van der Waals surface area contributed by atoms with E-state index in [-0.39, 0.29) is 11.6 Å². The van der Waals surface area contributed by atoms with E-state index in [9.17, 15) is 10.1 Å². The second kappa shape index (κ2) is 5.92. The molecule has 1 heterocycles. The van der Waals surface area contributed by atoms with Gasteiger partial charge in [-0.2, -0.15) is 0 Å². The lowest BCUT2D eigenvalue weighted by atomic mass is 10.2. The van der Waals surface area contributed by atoms with E-state index in [2.05, 4.69) is 10.3 Å². The number of hydrogen-bond donors (Lipinski definition) is 1. The van der Waals surface area contributed by atoms with E-state index in [1.807, 2.05) is 25.2 Å². The van der Waals surface area contributed by atoms with Gasteiger partial charge in [0, 0.05) is 24.4 Å². The monoisotopic (exact) mass is 259 g/mol. The molecule has 6 nitrogen and oxygen atoms in total. The number of rotatable bonds is 5. The molecule has 0 amide bonds. The summed E-state index contributed by atoms with van der Waals surface area (Å²) in [5, 5.41) is 13.9. The molecule has 0 aliphatic carbocycles. The Balaban J connectivity index is 2.34. The molecule has 2 rings (SSSR count). The number of nitrogens with one attached hydrogen (secondary N) is 1. The maximum Gasteiger partial charge on any atom is 0.331 e. The van der Waals surface area contributed by atoms with Crippen LogP contribution in [0.1, 0.15) is 5.56 Å². The third-order valence-electron chi connectivity index (χ3n) is 2.49. The van der Waals surface area contributed by atoms with Crippen molar-refractivity contribution >= 4 is 5.69 Å². The van der Waals surface area contributed by atoms with Crippen LogP contribution >= 0.6 is 0 Å². The number of ether oxygens (including phenoxy) is 1. The summed E-state index contributed by atoms with van der Waals surface area (Å²) in [6.07, 6.45) is 1.46. The molecule has 0 saturated heterocycles. The topological polar surface area (TPSA) is 77.3 Å². The molecule has 1 aromatic carbocycles. The summed E-state index contributed by atoms with van der Waals surface area (Å²) in [6, 6.07) is 10.2. The average molecular weight is 259 g/mol. The number of hydrogen-bond acceptors (Lipinski definition) is 5. The van der Waals surface area contributed by atoms with Crippen molar-refractivity contribution in [1.82, 2.24) is 10.3 Å². The van der Waals surface area contributed by atoms with Gasteiger partial charge in [-0.05, 0) is 19.2 Å². The third-order valence-corrected chi connectivity index (χ3v) is 2.49. The SMILES string of the molecule is CNCc1ccccc1Oc1ncccc1[N+](=O)[O-]. The second-order valence-electron chi connectivity index (χ2n) is 3.82. The number of benzene rings is 1. The van der Waals surface area contributed by atoms with Crippen molar-refractivity contribution in [2.24, 2.45) is 0 Å². The molecule has 0 bridgehead atoms. The normalized spacial score (nSPS) is 10.2. The number of para-hydroxylation sites is 1. The van der Waals surface area contributed by atoms with E-state index in [0.29, 0.717) is 12.3 Å². The smallest absolute Gasteiger partial charge is 0.331 e. The average Bonchev–Trinajstić information content (AvgIpc) is 2.42. The minimum atomic E-state index is -0.511. The quantitative estimate of drug-likeness (QED) is 0.659. The van der Waals surface area contributed by atoms with Crippen LogP contribution in [0, 0.1) is 10.1 Å². The van der Waals surface area contributed by atoms with Gasteiger partial charge in [0.05, 0.1) is 4.92 Å². The van der Waals surface area contributed by atoms with E-state index >= 15 is 0 Å². The molecular formula is C13H13N3O3. The molecule has 0 atom stereocenters. The number of nitrogens with zero attached hydrogens (tertiary/aromatic N) is 2. The van der Waals surface area contributed by atoms with Crippen molar-refractivity contribution in [3.05, 3.63) is 58.3 Å². The molecule has 0 fully saturated rings. The van der Waals surface area contributed by atoms with Crippen molar-refractivity contribution in [3.8, 4) is 11.6 Å². The fourth-order valence-electron chi connectivity index (χ4n) is 1.64. The zero-order valence-corrected chi connectivity index (χ0v) is 10.4. The molecule has 1 N–H and O–H groups in total. The highest BCUT2D eigenvalue weighted by atomic mass is 16.6. The lowest BCUT2D eigenvalue weighted by Crippen LogP contribution is -2.06. The summed E-state index contributed by atoms with van der Waals surface area (Å²) >= 11 is 0. The van der Waals surface area contributed by atoms with Crippen LogP contribution in [0.5, 0.6) is 11.6 Å². The molecule has 0 unspecified atom stereocenters. The summed E-state index contributed by atoms with van der Waals surface area (Å²) < 4.78 is 5.56. The minimum absolute atomic E-state index is 0.00365. The van der Waals surface area contributed by atoms with Gasteiger partial charge < -0.3 is 10.1 Å². The lowest BCUT2D eigenvalue weighted by Gasteiger charge is -2.09. The molecule has 0 spiro atoms. The second-order valence-corrected chi connectivity index (χ2v) is 3.82. The molecule has 0 aliphatic rings. The van der Waals surface area contributed by atoms with Gasteiger partial charge in [-0.25, -0.2) is 4.98 Å². The molecule has 98 valence electrons. The van der Waals surface area contributed by atoms with Gasteiger partial charge >= 0.3 is 5.69 Å². The molecule has 0 saturated carbocycles. The summed E-state index contributed by atoms with van der Waals surface area (Å²) in [7, 11) is 1.82. The van der Waals surface area contributed by atoms with Gasteiger partial charge in [-0.15, -0.1) is 0 Å². The van der Waals surface area contributed by atoms with Crippen LogP contribution in [0.25, 0.3) is 0 Å². The van der Waals surface area contributed by atoms with E-state index in [1.165, 1.54) is 18.3 Å². The Morgan fingerprint density at radius 2 is 2.11 bits per heavy atom. The first-order chi connectivity index (χ1) is 9.22. The van der Waals surface area contributed by atoms with Crippen LogP contribution < -0.4 is 10.1 Å².